The highest BCUT2D eigenvalue weighted by Crippen LogP contribution is 2.33. The van der Waals surface area contributed by atoms with Crippen molar-refractivity contribution < 1.29 is 5.11 Å². The van der Waals surface area contributed by atoms with Crippen LogP contribution in [-0.2, 0) is 0 Å². The van der Waals surface area contributed by atoms with Gasteiger partial charge in [-0.3, -0.25) is 0 Å². The normalized spacial score (nSPS) is 14.0. The molecule has 1 rings (SSSR count). The van der Waals surface area contributed by atoms with Crippen LogP contribution in [-0.4, -0.2) is 11.7 Å². The van der Waals surface area contributed by atoms with Gasteiger partial charge in [-0.15, -0.1) is 0 Å². The SMILES string of the molecule is Cc1ccc(C(O)C(C)(C)CN)cc1Br. The van der Waals surface area contributed by atoms with Crippen LogP contribution in [0.3, 0.4) is 0 Å². The van der Waals surface area contributed by atoms with Gasteiger partial charge in [-0.2, -0.15) is 0 Å². The van der Waals surface area contributed by atoms with Crippen molar-refractivity contribution in [3.05, 3.63) is 33.8 Å². The molecule has 3 N–H and O–H groups in total. The van der Waals surface area contributed by atoms with Crippen molar-refractivity contribution in [2.75, 3.05) is 6.54 Å². The van der Waals surface area contributed by atoms with Gasteiger partial charge in [0.1, 0.15) is 0 Å². The molecule has 15 heavy (non-hydrogen) atoms. The Kier molecular flexibility index (Phi) is 3.93. The average molecular weight is 272 g/mol. The summed E-state index contributed by atoms with van der Waals surface area (Å²) in [7, 11) is 0. The van der Waals surface area contributed by atoms with Gasteiger partial charge in [0.05, 0.1) is 6.10 Å². The van der Waals surface area contributed by atoms with Crippen molar-refractivity contribution in [1.29, 1.82) is 0 Å². The number of nitrogens with two attached hydrogens (primary N) is 1. The van der Waals surface area contributed by atoms with E-state index in [0.717, 1.165) is 15.6 Å². The van der Waals surface area contributed by atoms with E-state index < -0.39 is 6.10 Å². The van der Waals surface area contributed by atoms with E-state index in [-0.39, 0.29) is 5.41 Å². The maximum atomic E-state index is 10.2. The summed E-state index contributed by atoms with van der Waals surface area (Å²) in [6.45, 7) is 6.41. The van der Waals surface area contributed by atoms with Crippen molar-refractivity contribution >= 4 is 15.9 Å². The van der Waals surface area contributed by atoms with Crippen LogP contribution in [0.1, 0.15) is 31.1 Å². The van der Waals surface area contributed by atoms with Gasteiger partial charge in [0, 0.05) is 16.4 Å². The maximum absolute atomic E-state index is 10.2. The molecule has 2 nitrogen and oxygen atoms in total. The van der Waals surface area contributed by atoms with Gasteiger partial charge in [-0.05, 0) is 24.1 Å². The highest BCUT2D eigenvalue weighted by atomic mass is 79.9. The summed E-state index contributed by atoms with van der Waals surface area (Å²) in [5, 5.41) is 10.2. The minimum atomic E-state index is -0.528. The molecule has 0 saturated carbocycles. The number of aryl methyl sites for hydroxylation is 1. The summed E-state index contributed by atoms with van der Waals surface area (Å²) in [6, 6.07) is 5.90. The summed E-state index contributed by atoms with van der Waals surface area (Å²) < 4.78 is 1.02. The second-order valence-electron chi connectivity index (χ2n) is 4.60. The maximum Gasteiger partial charge on any atom is 0.0853 e. The molecule has 1 unspecified atom stereocenters. The fourth-order valence-corrected chi connectivity index (χ4v) is 1.74. The zero-order valence-electron chi connectivity index (χ0n) is 9.42. The first-order valence-corrected chi connectivity index (χ1v) is 5.82. The molecule has 0 radical (unpaired) electrons. The number of halogens is 1. The lowest BCUT2D eigenvalue weighted by atomic mass is 9.83. The number of hydrogen-bond donors (Lipinski definition) is 2. The largest absolute Gasteiger partial charge is 0.388 e. The fraction of sp³-hybridized carbons (Fsp3) is 0.500. The molecule has 84 valence electrons. The topological polar surface area (TPSA) is 46.2 Å². The molecule has 0 aromatic heterocycles. The van der Waals surface area contributed by atoms with Crippen molar-refractivity contribution in [2.45, 2.75) is 26.9 Å². The molecule has 0 saturated heterocycles. The number of aliphatic hydroxyl groups excluding tert-OH is 1. The van der Waals surface area contributed by atoms with Gasteiger partial charge in [0.2, 0.25) is 0 Å². The lowest BCUT2D eigenvalue weighted by molar-refractivity contribution is 0.0554. The van der Waals surface area contributed by atoms with Crippen LogP contribution >= 0.6 is 15.9 Å². The lowest BCUT2D eigenvalue weighted by Gasteiger charge is -2.29. The standard InChI is InChI=1S/C12H18BrNO/c1-8-4-5-9(6-10(8)13)11(15)12(2,3)7-14/h4-6,11,15H,7,14H2,1-3H3. The molecule has 0 aliphatic carbocycles. The van der Waals surface area contributed by atoms with Crippen LogP contribution in [0.2, 0.25) is 0 Å². The van der Waals surface area contributed by atoms with Crippen LogP contribution in [0, 0.1) is 12.3 Å². The van der Waals surface area contributed by atoms with E-state index in [1.54, 1.807) is 0 Å². The number of aliphatic hydroxyl groups is 1. The van der Waals surface area contributed by atoms with Crippen LogP contribution in [0.25, 0.3) is 0 Å². The minimum absolute atomic E-state index is 0.297. The highest BCUT2D eigenvalue weighted by molar-refractivity contribution is 9.10. The van der Waals surface area contributed by atoms with Gasteiger partial charge in [-0.1, -0.05) is 41.9 Å². The summed E-state index contributed by atoms with van der Waals surface area (Å²) in [5.74, 6) is 0. The van der Waals surface area contributed by atoms with Crippen molar-refractivity contribution in [2.24, 2.45) is 11.1 Å². The Labute approximate surface area is 99.6 Å². The van der Waals surface area contributed by atoms with Crippen LogP contribution < -0.4 is 5.73 Å². The lowest BCUT2D eigenvalue weighted by Crippen LogP contribution is -2.30. The first-order chi connectivity index (χ1) is 6.88. The molecule has 0 aliphatic heterocycles. The number of benzene rings is 1. The highest BCUT2D eigenvalue weighted by Gasteiger charge is 2.27. The van der Waals surface area contributed by atoms with E-state index in [2.05, 4.69) is 15.9 Å². The van der Waals surface area contributed by atoms with Crippen molar-refractivity contribution in [3.63, 3.8) is 0 Å². The fourth-order valence-electron chi connectivity index (χ4n) is 1.34. The summed E-state index contributed by atoms with van der Waals surface area (Å²) >= 11 is 3.46. The smallest absolute Gasteiger partial charge is 0.0853 e. The second-order valence-corrected chi connectivity index (χ2v) is 5.46. The Bertz CT molecular complexity index is 349. The van der Waals surface area contributed by atoms with Gasteiger partial charge in [0.25, 0.3) is 0 Å². The van der Waals surface area contributed by atoms with Gasteiger partial charge in [-0.25, -0.2) is 0 Å². The van der Waals surface area contributed by atoms with E-state index in [1.165, 1.54) is 0 Å². The van der Waals surface area contributed by atoms with E-state index in [1.807, 2.05) is 39.0 Å². The molecule has 3 heteroatoms. The monoisotopic (exact) mass is 271 g/mol. The molecule has 0 spiro atoms. The predicted octanol–water partition coefficient (Wildman–Crippen LogP) is 2.78. The van der Waals surface area contributed by atoms with Crippen molar-refractivity contribution in [3.8, 4) is 0 Å². The van der Waals surface area contributed by atoms with E-state index in [9.17, 15) is 5.11 Å². The molecular weight excluding hydrogens is 254 g/mol. The van der Waals surface area contributed by atoms with Crippen LogP contribution in [0.5, 0.6) is 0 Å². The van der Waals surface area contributed by atoms with Crippen LogP contribution in [0.4, 0.5) is 0 Å². The van der Waals surface area contributed by atoms with E-state index >= 15 is 0 Å². The average Bonchev–Trinajstić information content (AvgIpc) is 2.21. The summed E-state index contributed by atoms with van der Waals surface area (Å²) in [5.41, 5.74) is 7.41. The zero-order valence-corrected chi connectivity index (χ0v) is 11.0. The third kappa shape index (κ3) is 2.80. The molecule has 0 aliphatic rings. The molecule has 0 amide bonds. The Morgan fingerprint density at radius 2 is 2.07 bits per heavy atom. The molecular formula is C12H18BrNO. The molecule has 0 heterocycles. The van der Waals surface area contributed by atoms with E-state index in [0.29, 0.717) is 6.54 Å². The van der Waals surface area contributed by atoms with Gasteiger partial charge in [0.15, 0.2) is 0 Å². The number of hydrogen-bond acceptors (Lipinski definition) is 2. The van der Waals surface area contributed by atoms with Gasteiger partial charge >= 0.3 is 0 Å². The third-order valence-corrected chi connectivity index (χ3v) is 3.63. The Morgan fingerprint density at radius 1 is 1.47 bits per heavy atom. The number of rotatable bonds is 3. The quantitative estimate of drug-likeness (QED) is 0.888. The Balaban J connectivity index is 3.02. The van der Waals surface area contributed by atoms with E-state index in [4.69, 9.17) is 5.73 Å². The minimum Gasteiger partial charge on any atom is -0.388 e. The molecule has 1 aromatic rings. The first-order valence-electron chi connectivity index (χ1n) is 5.02. The first kappa shape index (κ1) is 12.7. The molecule has 1 atom stereocenters. The molecule has 0 bridgehead atoms. The molecule has 0 fully saturated rings. The van der Waals surface area contributed by atoms with Crippen molar-refractivity contribution in [1.82, 2.24) is 0 Å². The second kappa shape index (κ2) is 4.64. The Hall–Kier alpha value is -0.380. The van der Waals surface area contributed by atoms with Crippen LogP contribution in [0.15, 0.2) is 22.7 Å². The third-order valence-electron chi connectivity index (χ3n) is 2.78. The zero-order chi connectivity index (χ0) is 11.6. The predicted molar refractivity (Wildman–Crippen MR) is 66.7 cm³/mol. The van der Waals surface area contributed by atoms with Gasteiger partial charge < -0.3 is 10.8 Å². The summed E-state index contributed by atoms with van der Waals surface area (Å²) in [4.78, 5) is 0. The molecule has 1 aromatic carbocycles. The Morgan fingerprint density at radius 3 is 2.53 bits per heavy atom. The summed E-state index contributed by atoms with van der Waals surface area (Å²) in [6.07, 6.45) is -0.528.